The summed E-state index contributed by atoms with van der Waals surface area (Å²) in [5, 5.41) is 3.14. The van der Waals surface area contributed by atoms with Gasteiger partial charge in [0, 0.05) is 18.2 Å². The molecule has 64 valence electrons. The Morgan fingerprint density at radius 1 is 1.55 bits per heavy atom. The Morgan fingerprint density at radius 3 is 2.45 bits per heavy atom. The van der Waals surface area contributed by atoms with E-state index in [4.69, 9.17) is 0 Å². The molecule has 1 heterocycles. The van der Waals surface area contributed by atoms with Crippen molar-refractivity contribution in [2.45, 2.75) is 12.2 Å². The molecule has 2 rings (SSSR count). The Hall–Kier alpha value is -0.0900. The van der Waals surface area contributed by atoms with E-state index in [1.54, 1.807) is 0 Å². The molecule has 1 aliphatic heterocycles. The molecule has 0 amide bonds. The molecule has 2 aliphatic rings. The van der Waals surface area contributed by atoms with E-state index in [1.165, 1.54) is 6.26 Å². The van der Waals surface area contributed by atoms with Crippen LogP contribution in [0.2, 0.25) is 0 Å². The molecule has 0 spiro atoms. The maximum Gasteiger partial charge on any atom is 0.151 e. The van der Waals surface area contributed by atoms with Crippen LogP contribution < -0.4 is 5.32 Å². The van der Waals surface area contributed by atoms with Gasteiger partial charge < -0.3 is 5.32 Å². The standard InChI is InChI=1S/C7H13NO2S/c1-7-4-8-3-5(7)6(7)11(2,9)10/h5-6,8H,3-4H2,1-2H3/t5-,6-,7-/m1/s1. The summed E-state index contributed by atoms with van der Waals surface area (Å²) in [7, 11) is -2.79. The van der Waals surface area contributed by atoms with E-state index < -0.39 is 9.84 Å². The number of hydrogen-bond acceptors (Lipinski definition) is 3. The summed E-state index contributed by atoms with van der Waals surface area (Å²) in [6.07, 6.45) is 1.35. The van der Waals surface area contributed by atoms with E-state index in [1.807, 2.05) is 0 Å². The molecule has 11 heavy (non-hydrogen) atoms. The lowest BCUT2D eigenvalue weighted by atomic mass is 10.1. The third kappa shape index (κ3) is 0.856. The Balaban J connectivity index is 2.26. The van der Waals surface area contributed by atoms with Gasteiger partial charge in [0.05, 0.1) is 5.25 Å². The zero-order valence-corrected chi connectivity index (χ0v) is 7.61. The molecule has 3 atom stereocenters. The van der Waals surface area contributed by atoms with Gasteiger partial charge in [0.1, 0.15) is 0 Å². The number of nitrogens with one attached hydrogen (secondary N) is 1. The summed E-state index contributed by atoms with van der Waals surface area (Å²) in [6.45, 7) is 3.81. The number of sulfone groups is 1. The second-order valence-corrected chi connectivity index (χ2v) is 6.16. The maximum atomic E-state index is 11.2. The van der Waals surface area contributed by atoms with Gasteiger partial charge in [0.15, 0.2) is 9.84 Å². The highest BCUT2D eigenvalue weighted by molar-refractivity contribution is 7.91. The molecule has 4 heteroatoms. The van der Waals surface area contributed by atoms with Crippen LogP contribution >= 0.6 is 0 Å². The van der Waals surface area contributed by atoms with Gasteiger partial charge in [0.2, 0.25) is 0 Å². The van der Waals surface area contributed by atoms with Crippen LogP contribution in [0.5, 0.6) is 0 Å². The van der Waals surface area contributed by atoms with Crippen molar-refractivity contribution in [3.63, 3.8) is 0 Å². The Kier molecular flexibility index (Phi) is 1.24. The molecule has 1 aliphatic carbocycles. The molecule has 1 saturated carbocycles. The minimum atomic E-state index is -2.79. The molecule has 3 nitrogen and oxygen atoms in total. The summed E-state index contributed by atoms with van der Waals surface area (Å²) >= 11 is 0. The van der Waals surface area contributed by atoms with Crippen LogP contribution in [0.25, 0.3) is 0 Å². The fraction of sp³-hybridized carbons (Fsp3) is 1.00. The van der Waals surface area contributed by atoms with Crippen LogP contribution in [0.4, 0.5) is 0 Å². The van der Waals surface area contributed by atoms with E-state index in [0.29, 0.717) is 5.92 Å². The van der Waals surface area contributed by atoms with Crippen molar-refractivity contribution in [1.82, 2.24) is 5.32 Å². The predicted molar refractivity (Wildman–Crippen MR) is 43.1 cm³/mol. The lowest BCUT2D eigenvalue weighted by Crippen LogP contribution is -2.25. The van der Waals surface area contributed by atoms with Crippen molar-refractivity contribution < 1.29 is 8.42 Å². The molecule has 1 saturated heterocycles. The number of rotatable bonds is 1. The van der Waals surface area contributed by atoms with Gasteiger partial charge in [-0.05, 0) is 12.5 Å². The molecule has 0 aromatic carbocycles. The van der Waals surface area contributed by atoms with Crippen molar-refractivity contribution in [2.75, 3.05) is 19.3 Å². The van der Waals surface area contributed by atoms with E-state index in [2.05, 4.69) is 12.2 Å². The first kappa shape index (κ1) is 7.55. The number of piperidine rings is 1. The van der Waals surface area contributed by atoms with E-state index in [-0.39, 0.29) is 10.7 Å². The lowest BCUT2D eigenvalue weighted by Gasteiger charge is -2.06. The van der Waals surface area contributed by atoms with Crippen molar-refractivity contribution in [3.05, 3.63) is 0 Å². The first-order chi connectivity index (χ1) is 4.96. The molecule has 0 aromatic heterocycles. The molecule has 0 bridgehead atoms. The molecule has 0 aromatic rings. The van der Waals surface area contributed by atoms with Gasteiger partial charge in [-0.2, -0.15) is 0 Å². The van der Waals surface area contributed by atoms with Gasteiger partial charge >= 0.3 is 0 Å². The topological polar surface area (TPSA) is 46.2 Å². The van der Waals surface area contributed by atoms with Gasteiger partial charge in [-0.3, -0.25) is 0 Å². The minimum absolute atomic E-state index is 0.0590. The van der Waals surface area contributed by atoms with Crippen LogP contribution in [0.1, 0.15) is 6.92 Å². The van der Waals surface area contributed by atoms with Crippen LogP contribution in [-0.2, 0) is 9.84 Å². The lowest BCUT2D eigenvalue weighted by molar-refractivity contribution is 0.554. The SMILES string of the molecule is C[C@@]12CNC[C@@H]1[C@H]2S(C)(=O)=O. The molecular formula is C7H13NO2S. The highest BCUT2D eigenvalue weighted by atomic mass is 32.2. The average molecular weight is 175 g/mol. The molecule has 0 radical (unpaired) electrons. The summed E-state index contributed by atoms with van der Waals surface area (Å²) < 4.78 is 22.4. The van der Waals surface area contributed by atoms with Crippen molar-refractivity contribution >= 4 is 9.84 Å². The van der Waals surface area contributed by atoms with E-state index in [0.717, 1.165) is 13.1 Å². The van der Waals surface area contributed by atoms with E-state index in [9.17, 15) is 8.42 Å². The molecule has 1 N–H and O–H groups in total. The molecule has 2 fully saturated rings. The van der Waals surface area contributed by atoms with Gasteiger partial charge in [-0.25, -0.2) is 8.42 Å². The monoisotopic (exact) mass is 175 g/mol. The summed E-state index contributed by atoms with van der Waals surface area (Å²) in [5.74, 6) is 0.387. The van der Waals surface area contributed by atoms with Gasteiger partial charge in [0.25, 0.3) is 0 Å². The van der Waals surface area contributed by atoms with Crippen molar-refractivity contribution in [3.8, 4) is 0 Å². The number of hydrogen-bond donors (Lipinski definition) is 1. The summed E-state index contributed by atoms with van der Waals surface area (Å²) in [4.78, 5) is 0. The van der Waals surface area contributed by atoms with E-state index >= 15 is 0 Å². The van der Waals surface area contributed by atoms with Crippen LogP contribution in [0.15, 0.2) is 0 Å². The molecular weight excluding hydrogens is 162 g/mol. The Bertz CT molecular complexity index is 285. The first-order valence-electron chi connectivity index (χ1n) is 3.86. The normalized spacial score (nSPS) is 48.9. The third-order valence-electron chi connectivity index (χ3n) is 3.08. The maximum absolute atomic E-state index is 11.2. The fourth-order valence-corrected chi connectivity index (χ4v) is 4.63. The minimum Gasteiger partial charge on any atom is -0.316 e. The zero-order valence-electron chi connectivity index (χ0n) is 6.79. The average Bonchev–Trinajstić information content (AvgIpc) is 2.22. The smallest absolute Gasteiger partial charge is 0.151 e. The van der Waals surface area contributed by atoms with Crippen molar-refractivity contribution in [2.24, 2.45) is 11.3 Å². The van der Waals surface area contributed by atoms with Crippen LogP contribution in [0.3, 0.4) is 0 Å². The number of fused-ring (bicyclic) bond motifs is 1. The predicted octanol–water partition coefficient (Wildman–Crippen LogP) is -0.361. The summed E-state index contributed by atoms with van der Waals surface area (Å²) in [5.41, 5.74) is 0.0631. The highest BCUT2D eigenvalue weighted by Gasteiger charge is 2.68. The van der Waals surface area contributed by atoms with Crippen LogP contribution in [0, 0.1) is 11.3 Å². The first-order valence-corrected chi connectivity index (χ1v) is 5.81. The summed E-state index contributed by atoms with van der Waals surface area (Å²) in [6, 6.07) is 0. The fourth-order valence-electron chi connectivity index (χ4n) is 2.47. The Labute approximate surface area is 67.1 Å². The quantitative estimate of drug-likeness (QED) is 0.592. The van der Waals surface area contributed by atoms with Crippen molar-refractivity contribution in [1.29, 1.82) is 0 Å². The van der Waals surface area contributed by atoms with Gasteiger partial charge in [-0.15, -0.1) is 0 Å². The van der Waals surface area contributed by atoms with Gasteiger partial charge in [-0.1, -0.05) is 6.92 Å². The zero-order chi connectivity index (χ0) is 8.28. The highest BCUT2D eigenvalue weighted by Crippen LogP contribution is 2.58. The largest absolute Gasteiger partial charge is 0.316 e. The van der Waals surface area contributed by atoms with Crippen LogP contribution in [-0.4, -0.2) is 33.0 Å². The third-order valence-corrected chi connectivity index (χ3v) is 4.87. The Morgan fingerprint density at radius 2 is 2.18 bits per heavy atom. The second kappa shape index (κ2) is 1.80. The molecule has 0 unspecified atom stereocenters. The second-order valence-electron chi connectivity index (χ2n) is 3.99.